The lowest BCUT2D eigenvalue weighted by Gasteiger charge is -2.36. The molecule has 0 aliphatic carbocycles. The summed E-state index contributed by atoms with van der Waals surface area (Å²) in [5.41, 5.74) is 0. The number of carbonyl (C=O) groups is 1. The predicted octanol–water partition coefficient (Wildman–Crippen LogP) is 1.00. The SMILES string of the molecule is C[C@H](C(=O)N1CCN(S(=O)(=O)c2ccccc2)CC1)N1CCCC1. The van der Waals surface area contributed by atoms with E-state index in [9.17, 15) is 13.2 Å². The van der Waals surface area contributed by atoms with Crippen molar-refractivity contribution in [2.24, 2.45) is 0 Å². The average molecular weight is 351 g/mol. The third-order valence-corrected chi connectivity index (χ3v) is 6.89. The fraction of sp³-hybridized carbons (Fsp3) is 0.588. The van der Waals surface area contributed by atoms with E-state index in [1.165, 1.54) is 4.31 Å². The lowest BCUT2D eigenvalue weighted by atomic mass is 10.2. The molecular weight excluding hydrogens is 326 g/mol. The van der Waals surface area contributed by atoms with E-state index < -0.39 is 10.0 Å². The third kappa shape index (κ3) is 3.48. The normalized spacial score (nSPS) is 21.8. The van der Waals surface area contributed by atoms with Crippen LogP contribution in [-0.4, -0.2) is 73.7 Å². The molecule has 1 amide bonds. The van der Waals surface area contributed by atoms with Gasteiger partial charge in [-0.25, -0.2) is 8.42 Å². The Morgan fingerprint density at radius 3 is 2.12 bits per heavy atom. The van der Waals surface area contributed by atoms with Crippen molar-refractivity contribution >= 4 is 15.9 Å². The van der Waals surface area contributed by atoms with Crippen molar-refractivity contribution in [2.45, 2.75) is 30.7 Å². The summed E-state index contributed by atoms with van der Waals surface area (Å²) in [7, 11) is -3.46. The fourth-order valence-corrected chi connectivity index (χ4v) is 4.88. The highest BCUT2D eigenvalue weighted by Crippen LogP contribution is 2.19. The Morgan fingerprint density at radius 2 is 1.54 bits per heavy atom. The highest BCUT2D eigenvalue weighted by molar-refractivity contribution is 7.89. The molecule has 0 spiro atoms. The van der Waals surface area contributed by atoms with Crippen LogP contribution in [0.3, 0.4) is 0 Å². The topological polar surface area (TPSA) is 60.9 Å². The predicted molar refractivity (Wildman–Crippen MR) is 92.0 cm³/mol. The van der Waals surface area contributed by atoms with E-state index in [1.54, 1.807) is 35.2 Å². The average Bonchev–Trinajstić information content (AvgIpc) is 3.16. The second kappa shape index (κ2) is 7.21. The van der Waals surface area contributed by atoms with Crippen LogP contribution in [0.1, 0.15) is 19.8 Å². The van der Waals surface area contributed by atoms with Crippen LogP contribution >= 0.6 is 0 Å². The largest absolute Gasteiger partial charge is 0.339 e. The zero-order chi connectivity index (χ0) is 17.2. The molecule has 1 aromatic rings. The molecule has 0 unspecified atom stereocenters. The molecule has 2 aliphatic heterocycles. The van der Waals surface area contributed by atoms with E-state index >= 15 is 0 Å². The molecule has 0 bridgehead atoms. The summed E-state index contributed by atoms with van der Waals surface area (Å²) >= 11 is 0. The lowest BCUT2D eigenvalue weighted by Crippen LogP contribution is -2.54. The van der Waals surface area contributed by atoms with Gasteiger partial charge in [-0.2, -0.15) is 4.31 Å². The van der Waals surface area contributed by atoms with Crippen LogP contribution in [-0.2, 0) is 14.8 Å². The summed E-state index contributed by atoms with van der Waals surface area (Å²) in [6.45, 7) is 5.56. The van der Waals surface area contributed by atoms with Gasteiger partial charge in [-0.15, -0.1) is 0 Å². The van der Waals surface area contributed by atoms with Crippen molar-refractivity contribution in [2.75, 3.05) is 39.3 Å². The number of likely N-dealkylation sites (tertiary alicyclic amines) is 1. The Hall–Kier alpha value is -1.44. The van der Waals surface area contributed by atoms with Crippen molar-refractivity contribution in [3.05, 3.63) is 30.3 Å². The van der Waals surface area contributed by atoms with E-state index in [-0.39, 0.29) is 11.9 Å². The lowest BCUT2D eigenvalue weighted by molar-refractivity contribution is -0.137. The van der Waals surface area contributed by atoms with Gasteiger partial charge in [0.15, 0.2) is 0 Å². The molecule has 0 N–H and O–H groups in total. The van der Waals surface area contributed by atoms with Crippen LogP contribution in [0.2, 0.25) is 0 Å². The Kier molecular flexibility index (Phi) is 5.22. The highest BCUT2D eigenvalue weighted by Gasteiger charge is 2.33. The summed E-state index contributed by atoms with van der Waals surface area (Å²) in [6.07, 6.45) is 2.31. The first-order valence-corrected chi connectivity index (χ1v) is 10.0. The molecule has 2 aliphatic rings. The number of carbonyl (C=O) groups excluding carboxylic acids is 1. The quantitative estimate of drug-likeness (QED) is 0.812. The van der Waals surface area contributed by atoms with E-state index in [2.05, 4.69) is 4.90 Å². The molecule has 2 saturated heterocycles. The van der Waals surface area contributed by atoms with Gasteiger partial charge in [0.05, 0.1) is 10.9 Å². The number of piperazine rings is 1. The third-order valence-electron chi connectivity index (χ3n) is 4.98. The van der Waals surface area contributed by atoms with Gasteiger partial charge in [-0.1, -0.05) is 18.2 Å². The summed E-state index contributed by atoms with van der Waals surface area (Å²) < 4.78 is 26.7. The molecule has 3 rings (SSSR count). The van der Waals surface area contributed by atoms with Crippen LogP contribution in [0.25, 0.3) is 0 Å². The maximum absolute atomic E-state index is 12.6. The molecule has 6 nitrogen and oxygen atoms in total. The summed E-state index contributed by atoms with van der Waals surface area (Å²) in [6, 6.07) is 8.37. The smallest absolute Gasteiger partial charge is 0.243 e. The van der Waals surface area contributed by atoms with Gasteiger partial charge >= 0.3 is 0 Å². The number of hydrogen-bond donors (Lipinski definition) is 0. The zero-order valence-corrected chi connectivity index (χ0v) is 14.9. The summed E-state index contributed by atoms with van der Waals surface area (Å²) in [5, 5.41) is 0. The molecule has 0 saturated carbocycles. The van der Waals surface area contributed by atoms with E-state index in [4.69, 9.17) is 0 Å². The first kappa shape index (κ1) is 17.4. The fourth-order valence-electron chi connectivity index (χ4n) is 3.44. The van der Waals surface area contributed by atoms with Crippen molar-refractivity contribution in [3.8, 4) is 0 Å². The minimum absolute atomic E-state index is 0.107. The van der Waals surface area contributed by atoms with Gasteiger partial charge in [0, 0.05) is 26.2 Å². The minimum atomic E-state index is -3.46. The minimum Gasteiger partial charge on any atom is -0.339 e. The van der Waals surface area contributed by atoms with Crippen LogP contribution in [0.4, 0.5) is 0 Å². The van der Waals surface area contributed by atoms with E-state index in [1.807, 2.05) is 6.92 Å². The monoisotopic (exact) mass is 351 g/mol. The van der Waals surface area contributed by atoms with Crippen molar-refractivity contribution in [3.63, 3.8) is 0 Å². The van der Waals surface area contributed by atoms with Gasteiger partial charge in [0.25, 0.3) is 0 Å². The van der Waals surface area contributed by atoms with Gasteiger partial charge in [0.1, 0.15) is 0 Å². The van der Waals surface area contributed by atoms with Gasteiger partial charge in [-0.3, -0.25) is 9.69 Å². The standard InChI is InChI=1S/C17H25N3O3S/c1-15(18-9-5-6-10-18)17(21)19-11-13-20(14-12-19)24(22,23)16-7-3-2-4-8-16/h2-4,7-8,15H,5-6,9-14H2,1H3/t15-/m1/s1. The van der Waals surface area contributed by atoms with Gasteiger partial charge in [-0.05, 0) is 45.0 Å². The number of benzene rings is 1. The molecule has 1 atom stereocenters. The summed E-state index contributed by atoms with van der Waals surface area (Å²) in [5.74, 6) is 0.119. The van der Waals surface area contributed by atoms with Crippen LogP contribution in [0.15, 0.2) is 35.2 Å². The number of hydrogen-bond acceptors (Lipinski definition) is 4. The second-order valence-corrected chi connectivity index (χ2v) is 8.40. The zero-order valence-electron chi connectivity index (χ0n) is 14.1. The Balaban J connectivity index is 1.60. The molecule has 2 heterocycles. The van der Waals surface area contributed by atoms with Crippen LogP contribution in [0, 0.1) is 0 Å². The van der Waals surface area contributed by atoms with E-state index in [0.29, 0.717) is 31.1 Å². The Bertz CT molecular complexity index is 664. The van der Waals surface area contributed by atoms with Gasteiger partial charge < -0.3 is 4.90 Å². The van der Waals surface area contributed by atoms with Crippen LogP contribution in [0.5, 0.6) is 0 Å². The second-order valence-electron chi connectivity index (χ2n) is 6.46. The summed E-state index contributed by atoms with van der Waals surface area (Å²) in [4.78, 5) is 17.0. The molecule has 132 valence electrons. The molecule has 1 aromatic carbocycles. The first-order chi connectivity index (χ1) is 11.5. The first-order valence-electron chi connectivity index (χ1n) is 8.58. The van der Waals surface area contributed by atoms with Crippen molar-refractivity contribution < 1.29 is 13.2 Å². The number of amides is 1. The molecule has 7 heteroatoms. The highest BCUT2D eigenvalue weighted by atomic mass is 32.2. The Labute approximate surface area is 144 Å². The van der Waals surface area contributed by atoms with Crippen molar-refractivity contribution in [1.29, 1.82) is 0 Å². The molecule has 0 aromatic heterocycles. The van der Waals surface area contributed by atoms with Crippen LogP contribution < -0.4 is 0 Å². The maximum Gasteiger partial charge on any atom is 0.243 e. The Morgan fingerprint density at radius 1 is 0.958 bits per heavy atom. The number of sulfonamides is 1. The van der Waals surface area contributed by atoms with Gasteiger partial charge in [0.2, 0.25) is 15.9 Å². The number of rotatable bonds is 4. The molecule has 0 radical (unpaired) electrons. The molecule has 2 fully saturated rings. The number of nitrogens with zero attached hydrogens (tertiary/aromatic N) is 3. The van der Waals surface area contributed by atoms with Crippen molar-refractivity contribution in [1.82, 2.24) is 14.1 Å². The molecular formula is C17H25N3O3S. The van der Waals surface area contributed by atoms with E-state index in [0.717, 1.165) is 25.9 Å². The maximum atomic E-state index is 12.6. The molecule has 24 heavy (non-hydrogen) atoms.